The van der Waals surface area contributed by atoms with Crippen molar-refractivity contribution >= 4 is 21.8 Å². The van der Waals surface area contributed by atoms with E-state index in [2.05, 4.69) is 4.98 Å². The summed E-state index contributed by atoms with van der Waals surface area (Å²) in [7, 11) is -1.69. The van der Waals surface area contributed by atoms with E-state index in [1.807, 2.05) is 0 Å². The van der Waals surface area contributed by atoms with Crippen molar-refractivity contribution < 1.29 is 8.63 Å². The first-order valence-corrected chi connectivity index (χ1v) is 7.36. The summed E-state index contributed by atoms with van der Waals surface area (Å²) < 4.78 is 17.6. The number of hydrogen-bond donors (Lipinski definition) is 1. The highest BCUT2D eigenvalue weighted by Gasteiger charge is 2.15. The van der Waals surface area contributed by atoms with Crippen molar-refractivity contribution in [2.24, 2.45) is 0 Å². The van der Waals surface area contributed by atoms with Gasteiger partial charge < -0.3 is 9.40 Å². The monoisotopic (exact) mass is 301 g/mol. The lowest BCUT2D eigenvalue weighted by atomic mass is 10.2. The molecule has 1 unspecified atom stereocenters. The molecule has 0 fully saturated rings. The van der Waals surface area contributed by atoms with Gasteiger partial charge in [0, 0.05) is 16.7 Å². The Morgan fingerprint density at radius 3 is 2.52 bits per heavy atom. The number of H-pyrrole nitrogens is 1. The quantitative estimate of drug-likeness (QED) is 0.784. The van der Waals surface area contributed by atoms with Crippen molar-refractivity contribution in [2.75, 3.05) is 0 Å². The minimum atomic E-state index is -1.69. The molecule has 1 N–H and O–H groups in total. The average molecular weight is 301 g/mol. The molecule has 6 heteroatoms. The Kier molecular flexibility index (Phi) is 3.31. The number of aromatic amines is 1. The third-order valence-corrected chi connectivity index (χ3v) is 4.39. The van der Waals surface area contributed by atoms with E-state index in [1.165, 1.54) is 6.07 Å². The van der Waals surface area contributed by atoms with Crippen molar-refractivity contribution in [2.45, 2.75) is 16.7 Å². The Morgan fingerprint density at radius 2 is 1.81 bits per heavy atom. The van der Waals surface area contributed by atoms with Gasteiger partial charge in [0.05, 0.1) is 16.2 Å². The molecule has 5 nitrogen and oxygen atoms in total. The molecule has 0 aliphatic carbocycles. The fourth-order valence-corrected chi connectivity index (χ4v) is 3.11. The van der Waals surface area contributed by atoms with Crippen LogP contribution in [0.2, 0.25) is 0 Å². The van der Waals surface area contributed by atoms with Crippen molar-refractivity contribution in [3.63, 3.8) is 0 Å². The van der Waals surface area contributed by atoms with Gasteiger partial charge in [0.1, 0.15) is 10.5 Å². The smallest absolute Gasteiger partial charge is 0.353 e. The highest BCUT2D eigenvalue weighted by Crippen LogP contribution is 2.16. The zero-order valence-electron chi connectivity index (χ0n) is 11.1. The Balaban J connectivity index is 2.25. The SMILES string of the molecule is Cc1cc2oc(=O)c(S(=O)c3ccccc3)cc2c(=O)[nH]1. The Bertz CT molecular complexity index is 957. The third-order valence-electron chi connectivity index (χ3n) is 3.00. The highest BCUT2D eigenvalue weighted by atomic mass is 32.2. The molecule has 106 valence electrons. The number of rotatable bonds is 2. The molecule has 0 saturated heterocycles. The van der Waals surface area contributed by atoms with Crippen LogP contribution in [0.1, 0.15) is 5.69 Å². The largest absolute Gasteiger partial charge is 0.422 e. The number of aromatic nitrogens is 1. The summed E-state index contributed by atoms with van der Waals surface area (Å²) in [5.74, 6) is 0. The summed E-state index contributed by atoms with van der Waals surface area (Å²) in [5.41, 5.74) is -0.294. The lowest BCUT2D eigenvalue weighted by Crippen LogP contribution is -2.14. The van der Waals surface area contributed by atoms with E-state index in [0.717, 1.165) is 0 Å². The van der Waals surface area contributed by atoms with E-state index in [-0.39, 0.29) is 21.4 Å². The lowest BCUT2D eigenvalue weighted by Gasteiger charge is -2.03. The van der Waals surface area contributed by atoms with Gasteiger partial charge in [0.25, 0.3) is 5.56 Å². The molecule has 0 aliphatic rings. The normalized spacial score (nSPS) is 12.4. The van der Waals surface area contributed by atoms with Gasteiger partial charge in [-0.3, -0.25) is 4.79 Å². The van der Waals surface area contributed by atoms with Crippen molar-refractivity contribution in [3.05, 3.63) is 68.9 Å². The molecule has 0 bridgehead atoms. The van der Waals surface area contributed by atoms with Crippen molar-refractivity contribution in [3.8, 4) is 0 Å². The summed E-state index contributed by atoms with van der Waals surface area (Å²) >= 11 is 0. The summed E-state index contributed by atoms with van der Waals surface area (Å²) in [6.07, 6.45) is 0. The zero-order valence-corrected chi connectivity index (χ0v) is 11.9. The van der Waals surface area contributed by atoms with Crippen LogP contribution in [0.15, 0.2) is 66.3 Å². The predicted octanol–water partition coefficient (Wildman–Crippen LogP) is 1.96. The Morgan fingerprint density at radius 1 is 1.10 bits per heavy atom. The minimum absolute atomic E-state index is 0.0388. The second kappa shape index (κ2) is 5.14. The molecule has 2 heterocycles. The average Bonchev–Trinajstić information content (AvgIpc) is 2.46. The predicted molar refractivity (Wildman–Crippen MR) is 79.0 cm³/mol. The van der Waals surface area contributed by atoms with E-state index < -0.39 is 16.4 Å². The number of pyridine rings is 1. The summed E-state index contributed by atoms with van der Waals surface area (Å²) in [4.78, 5) is 27.0. The van der Waals surface area contributed by atoms with Gasteiger partial charge in [0.2, 0.25) is 0 Å². The highest BCUT2D eigenvalue weighted by molar-refractivity contribution is 7.85. The van der Waals surface area contributed by atoms with Gasteiger partial charge in [-0.2, -0.15) is 0 Å². The summed E-state index contributed by atoms with van der Waals surface area (Å²) in [5, 5.41) is 0.208. The molecule has 0 radical (unpaired) electrons. The molecule has 0 amide bonds. The molecule has 2 aromatic heterocycles. The van der Waals surface area contributed by atoms with E-state index in [0.29, 0.717) is 10.6 Å². The fraction of sp³-hybridized carbons (Fsp3) is 0.0667. The number of fused-ring (bicyclic) bond motifs is 1. The Hall–Kier alpha value is -2.47. The third kappa shape index (κ3) is 2.45. The second-order valence-corrected chi connectivity index (χ2v) is 5.99. The van der Waals surface area contributed by atoms with Gasteiger partial charge in [-0.25, -0.2) is 9.00 Å². The molecule has 0 saturated carbocycles. The van der Waals surface area contributed by atoms with E-state index in [9.17, 15) is 13.8 Å². The van der Waals surface area contributed by atoms with Gasteiger partial charge in [-0.15, -0.1) is 0 Å². The molecular weight excluding hydrogens is 290 g/mol. The van der Waals surface area contributed by atoms with Crippen LogP contribution < -0.4 is 11.2 Å². The van der Waals surface area contributed by atoms with Crippen molar-refractivity contribution in [1.29, 1.82) is 0 Å². The van der Waals surface area contributed by atoms with Crippen LogP contribution in [0.3, 0.4) is 0 Å². The van der Waals surface area contributed by atoms with E-state index in [1.54, 1.807) is 43.3 Å². The number of hydrogen-bond acceptors (Lipinski definition) is 4. The first-order chi connectivity index (χ1) is 10.1. The van der Waals surface area contributed by atoms with Crippen LogP contribution in [0.25, 0.3) is 11.0 Å². The molecule has 1 atom stereocenters. The minimum Gasteiger partial charge on any atom is -0.422 e. The molecular formula is C15H11NO4S. The zero-order chi connectivity index (χ0) is 15.0. The lowest BCUT2D eigenvalue weighted by molar-refractivity contribution is 0.540. The maximum Gasteiger partial charge on any atom is 0.353 e. The van der Waals surface area contributed by atoms with Gasteiger partial charge in [-0.05, 0) is 25.1 Å². The van der Waals surface area contributed by atoms with Gasteiger partial charge in [-0.1, -0.05) is 18.2 Å². The van der Waals surface area contributed by atoms with E-state index in [4.69, 9.17) is 4.42 Å². The van der Waals surface area contributed by atoms with E-state index >= 15 is 0 Å². The van der Waals surface area contributed by atoms with Gasteiger partial charge >= 0.3 is 5.63 Å². The summed E-state index contributed by atoms with van der Waals surface area (Å²) in [6.45, 7) is 1.69. The van der Waals surface area contributed by atoms with Crippen LogP contribution in [0.5, 0.6) is 0 Å². The molecule has 0 spiro atoms. The van der Waals surface area contributed by atoms with Crippen LogP contribution in [0.4, 0.5) is 0 Å². The molecule has 1 aromatic carbocycles. The first kappa shape index (κ1) is 13.5. The van der Waals surface area contributed by atoms with Crippen LogP contribution in [-0.2, 0) is 10.8 Å². The van der Waals surface area contributed by atoms with Gasteiger partial charge in [0.15, 0.2) is 0 Å². The number of aryl methyl sites for hydroxylation is 1. The molecule has 0 aliphatic heterocycles. The second-order valence-electron chi connectivity index (χ2n) is 4.54. The number of nitrogens with one attached hydrogen (secondary N) is 1. The molecule has 3 aromatic rings. The molecule has 21 heavy (non-hydrogen) atoms. The Labute approximate surface area is 121 Å². The first-order valence-electron chi connectivity index (χ1n) is 6.21. The molecule has 3 rings (SSSR count). The standard InChI is InChI=1S/C15H11NO4S/c1-9-7-12-11(14(17)16-9)8-13(15(18)20-12)21(19)10-5-3-2-4-6-10/h2-8H,1H3,(H,16,17). The van der Waals surface area contributed by atoms with Crippen molar-refractivity contribution in [1.82, 2.24) is 4.98 Å². The van der Waals surface area contributed by atoms with Crippen LogP contribution in [-0.4, -0.2) is 9.19 Å². The maximum absolute atomic E-state index is 12.4. The number of benzene rings is 1. The fourth-order valence-electron chi connectivity index (χ4n) is 2.03. The summed E-state index contributed by atoms with van der Waals surface area (Å²) in [6, 6.07) is 11.4. The van der Waals surface area contributed by atoms with Crippen LogP contribution in [0, 0.1) is 6.92 Å². The topological polar surface area (TPSA) is 80.1 Å². The van der Waals surface area contributed by atoms with Crippen LogP contribution >= 0.6 is 0 Å². The maximum atomic E-state index is 12.4.